The van der Waals surface area contributed by atoms with Gasteiger partial charge in [0.25, 0.3) is 11.8 Å². The van der Waals surface area contributed by atoms with Gasteiger partial charge in [-0.05, 0) is 65.3 Å². The van der Waals surface area contributed by atoms with Gasteiger partial charge in [0.05, 0.1) is 11.3 Å². The van der Waals surface area contributed by atoms with E-state index in [1.807, 2.05) is 4.90 Å². The minimum absolute atomic E-state index is 0.328. The lowest BCUT2D eigenvalue weighted by Crippen LogP contribution is -2.34. The van der Waals surface area contributed by atoms with Gasteiger partial charge in [0.1, 0.15) is 11.7 Å². The first-order valence-electron chi connectivity index (χ1n) is 11.0. The zero-order valence-corrected chi connectivity index (χ0v) is 20.1. The molecule has 0 saturated carbocycles. The summed E-state index contributed by atoms with van der Waals surface area (Å²) in [6.07, 6.45) is 2.59. The van der Waals surface area contributed by atoms with E-state index in [1.165, 1.54) is 0 Å². The molecule has 1 aliphatic heterocycles. The number of carbonyl (C=O) groups excluding carboxylic acids is 2. The first-order valence-corrected chi connectivity index (χ1v) is 11.8. The lowest BCUT2D eigenvalue weighted by Gasteiger charge is -2.23. The number of amides is 2. The lowest BCUT2D eigenvalue weighted by atomic mass is 10.1. The molecule has 0 radical (unpaired) electrons. The summed E-state index contributed by atoms with van der Waals surface area (Å²) in [4.78, 5) is 31.9. The highest BCUT2D eigenvalue weighted by atomic mass is 79.9. The zero-order chi connectivity index (χ0) is 23.9. The molecular weight excluding hydrogens is 496 g/mol. The predicted molar refractivity (Wildman–Crippen MR) is 137 cm³/mol. The third-order valence-electron chi connectivity index (χ3n) is 5.47. The van der Waals surface area contributed by atoms with Crippen molar-refractivity contribution < 1.29 is 9.59 Å². The van der Waals surface area contributed by atoms with Gasteiger partial charge in [-0.15, -0.1) is 0 Å². The van der Waals surface area contributed by atoms with Gasteiger partial charge in [-0.1, -0.05) is 24.3 Å². The van der Waals surface area contributed by atoms with E-state index in [9.17, 15) is 9.59 Å². The number of carbonyl (C=O) groups is 2. The highest BCUT2D eigenvalue weighted by Crippen LogP contribution is 2.19. The van der Waals surface area contributed by atoms with Crippen LogP contribution in [0.15, 0.2) is 71.3 Å². The summed E-state index contributed by atoms with van der Waals surface area (Å²) in [6.45, 7) is 3.44. The average molecular weight is 521 g/mol. The van der Waals surface area contributed by atoms with Crippen molar-refractivity contribution in [1.29, 1.82) is 5.41 Å². The molecule has 1 saturated heterocycles. The van der Waals surface area contributed by atoms with Crippen molar-refractivity contribution in [3.8, 4) is 0 Å². The minimum atomic E-state index is -0.374. The molecule has 1 aliphatic rings. The van der Waals surface area contributed by atoms with Crippen LogP contribution < -0.4 is 16.0 Å². The first kappa shape index (κ1) is 23.6. The van der Waals surface area contributed by atoms with Gasteiger partial charge >= 0.3 is 0 Å². The van der Waals surface area contributed by atoms with Crippen molar-refractivity contribution in [3.63, 3.8) is 0 Å². The first-order chi connectivity index (χ1) is 16.5. The second kappa shape index (κ2) is 11.0. The molecule has 0 atom stereocenters. The van der Waals surface area contributed by atoms with Crippen LogP contribution >= 0.6 is 15.9 Å². The maximum atomic E-state index is 12.9. The summed E-state index contributed by atoms with van der Waals surface area (Å²) in [5.41, 5.74) is 1.93. The molecule has 34 heavy (non-hydrogen) atoms. The number of benzene rings is 2. The Kier molecular flexibility index (Phi) is 7.66. The topological polar surface area (TPSA) is 110 Å². The van der Waals surface area contributed by atoms with Crippen LogP contribution in [-0.2, 0) is 0 Å². The largest absolute Gasteiger partial charge is 0.355 e. The summed E-state index contributed by atoms with van der Waals surface area (Å²) >= 11 is 3.31. The molecule has 8 nitrogen and oxygen atoms in total. The van der Waals surface area contributed by atoms with E-state index in [0.717, 1.165) is 42.6 Å². The molecule has 2 amide bonds. The Morgan fingerprint density at radius 2 is 1.68 bits per heavy atom. The van der Waals surface area contributed by atoms with Crippen molar-refractivity contribution >= 4 is 45.1 Å². The normalized spacial score (nSPS) is 13.6. The molecule has 4 N–H and O–H groups in total. The monoisotopic (exact) mass is 520 g/mol. The van der Waals surface area contributed by atoms with E-state index in [0.29, 0.717) is 28.5 Å². The molecule has 2 aromatic carbocycles. The average Bonchev–Trinajstić information content (AvgIpc) is 3.15. The maximum absolute atomic E-state index is 12.9. The van der Waals surface area contributed by atoms with Gasteiger partial charge in [-0.2, -0.15) is 0 Å². The molecule has 4 rings (SSSR count). The van der Waals surface area contributed by atoms with Crippen LogP contribution in [0, 0.1) is 5.41 Å². The Hall–Kier alpha value is -3.56. The molecule has 3 aromatic rings. The molecule has 0 unspecified atom stereocenters. The van der Waals surface area contributed by atoms with Crippen LogP contribution in [0.5, 0.6) is 0 Å². The Bertz CT molecular complexity index is 1170. The van der Waals surface area contributed by atoms with Crippen LogP contribution in [-0.4, -0.2) is 53.7 Å². The summed E-state index contributed by atoms with van der Waals surface area (Å²) in [7, 11) is 0. The van der Waals surface area contributed by atoms with E-state index < -0.39 is 0 Å². The molecule has 174 valence electrons. The second-order valence-electron chi connectivity index (χ2n) is 7.83. The number of nitrogens with one attached hydrogen (secondary N) is 4. The lowest BCUT2D eigenvalue weighted by molar-refractivity contribution is 0.102. The van der Waals surface area contributed by atoms with Crippen LogP contribution in [0.25, 0.3) is 0 Å². The third-order valence-corrected chi connectivity index (χ3v) is 5.93. The van der Waals surface area contributed by atoms with Crippen LogP contribution in [0.2, 0.25) is 0 Å². The predicted octanol–water partition coefficient (Wildman–Crippen LogP) is 3.97. The summed E-state index contributed by atoms with van der Waals surface area (Å²) in [5, 5.41) is 17.4. The number of halogens is 1. The van der Waals surface area contributed by atoms with E-state index >= 15 is 0 Å². The van der Waals surface area contributed by atoms with Crippen LogP contribution in [0.3, 0.4) is 0 Å². The number of nitrogens with zero attached hydrogens (tertiary/aromatic N) is 2. The fourth-order valence-electron chi connectivity index (χ4n) is 3.65. The van der Waals surface area contributed by atoms with Gasteiger partial charge < -0.3 is 20.9 Å². The Morgan fingerprint density at radius 1 is 0.912 bits per heavy atom. The third kappa shape index (κ3) is 5.86. The number of aromatic nitrogens is 1. The molecule has 1 fully saturated rings. The molecule has 0 spiro atoms. The van der Waals surface area contributed by atoms with E-state index in [2.05, 4.69) is 36.9 Å². The SMILES string of the molecule is N=C(c1ccc(C(=O)Nc2ccccc2C(=O)Nc2ccc(Br)cn2)cc1)N1CCCNCC1. The number of hydrogen-bond donors (Lipinski definition) is 4. The number of pyridine rings is 1. The zero-order valence-electron chi connectivity index (χ0n) is 18.5. The van der Waals surface area contributed by atoms with Crippen LogP contribution in [0.4, 0.5) is 11.5 Å². The highest BCUT2D eigenvalue weighted by Gasteiger charge is 2.17. The molecule has 9 heteroatoms. The van der Waals surface area contributed by atoms with Crippen molar-refractivity contribution in [1.82, 2.24) is 15.2 Å². The van der Waals surface area contributed by atoms with Crippen molar-refractivity contribution in [2.24, 2.45) is 0 Å². The minimum Gasteiger partial charge on any atom is -0.355 e. The quantitative estimate of drug-likeness (QED) is 0.300. The molecule has 0 bridgehead atoms. The maximum Gasteiger partial charge on any atom is 0.258 e. The fraction of sp³-hybridized carbons (Fsp3) is 0.200. The van der Waals surface area contributed by atoms with E-state index in [-0.39, 0.29) is 11.8 Å². The van der Waals surface area contributed by atoms with Gasteiger partial charge in [0, 0.05) is 41.4 Å². The Balaban J connectivity index is 1.44. The van der Waals surface area contributed by atoms with Crippen molar-refractivity contribution in [2.75, 3.05) is 36.8 Å². The number of para-hydroxylation sites is 1. The fourth-order valence-corrected chi connectivity index (χ4v) is 3.88. The Labute approximate surface area is 206 Å². The van der Waals surface area contributed by atoms with Gasteiger partial charge in [-0.25, -0.2) is 4.98 Å². The van der Waals surface area contributed by atoms with Crippen molar-refractivity contribution in [3.05, 3.63) is 88.0 Å². The Morgan fingerprint density at radius 3 is 2.44 bits per heavy atom. The van der Waals surface area contributed by atoms with E-state index in [1.54, 1.807) is 66.9 Å². The molecule has 2 heterocycles. The highest BCUT2D eigenvalue weighted by molar-refractivity contribution is 9.10. The van der Waals surface area contributed by atoms with E-state index in [4.69, 9.17) is 5.41 Å². The summed E-state index contributed by atoms with van der Waals surface area (Å²) in [6, 6.07) is 17.2. The molecule has 1 aromatic heterocycles. The van der Waals surface area contributed by atoms with Gasteiger partial charge in [-0.3, -0.25) is 15.0 Å². The van der Waals surface area contributed by atoms with Crippen molar-refractivity contribution in [2.45, 2.75) is 6.42 Å². The molecule has 0 aliphatic carbocycles. The van der Waals surface area contributed by atoms with Gasteiger partial charge in [0.15, 0.2) is 0 Å². The number of amidine groups is 1. The number of hydrogen-bond acceptors (Lipinski definition) is 5. The standard InChI is InChI=1S/C25H25BrN6O2/c26-19-10-11-22(29-16-19)31-25(34)20-4-1-2-5-21(20)30-24(33)18-8-6-17(7-9-18)23(27)32-14-3-12-28-13-15-32/h1-2,4-11,16,27-28H,3,12-15H2,(H,30,33)(H,29,31,34). The molecular formula is C25H25BrN6O2. The summed E-state index contributed by atoms with van der Waals surface area (Å²) in [5.74, 6) is 0.160. The number of rotatable bonds is 5. The summed E-state index contributed by atoms with van der Waals surface area (Å²) < 4.78 is 0.808. The second-order valence-corrected chi connectivity index (χ2v) is 8.75. The van der Waals surface area contributed by atoms with Gasteiger partial charge in [0.2, 0.25) is 0 Å². The smallest absolute Gasteiger partial charge is 0.258 e. The van der Waals surface area contributed by atoms with Crippen LogP contribution in [0.1, 0.15) is 32.7 Å². The number of anilines is 2.